The summed E-state index contributed by atoms with van der Waals surface area (Å²) >= 11 is 0. The van der Waals surface area contributed by atoms with Gasteiger partial charge in [-0.2, -0.15) is 0 Å². The van der Waals surface area contributed by atoms with Crippen LogP contribution in [0.15, 0.2) is 18.2 Å². The quantitative estimate of drug-likeness (QED) is 0.636. The van der Waals surface area contributed by atoms with Gasteiger partial charge in [0.05, 0.1) is 6.61 Å². The van der Waals surface area contributed by atoms with E-state index in [0.717, 1.165) is 32.0 Å². The first-order valence-corrected chi connectivity index (χ1v) is 10.7. The number of carbonyl (C=O) groups is 4. The summed E-state index contributed by atoms with van der Waals surface area (Å²) < 4.78 is 16.1. The highest BCUT2D eigenvalue weighted by atomic mass is 16.6. The second-order valence-corrected chi connectivity index (χ2v) is 9.05. The van der Waals surface area contributed by atoms with Gasteiger partial charge in [0.2, 0.25) is 6.10 Å². The van der Waals surface area contributed by atoms with Gasteiger partial charge in [0.15, 0.2) is 6.10 Å². The summed E-state index contributed by atoms with van der Waals surface area (Å²) in [5.41, 5.74) is 1.01. The Balaban J connectivity index is 1.87. The largest absolute Gasteiger partial charge is 0.457 e. The Hall–Kier alpha value is -2.94. The molecule has 2 atom stereocenters. The van der Waals surface area contributed by atoms with Crippen LogP contribution < -0.4 is 4.90 Å². The predicted molar refractivity (Wildman–Crippen MR) is 115 cm³/mol. The molecule has 2 fully saturated rings. The van der Waals surface area contributed by atoms with Crippen molar-refractivity contribution < 1.29 is 33.4 Å². The van der Waals surface area contributed by atoms with Gasteiger partial charge in [-0.25, -0.2) is 4.79 Å². The maximum atomic E-state index is 13.3. The molecule has 0 bridgehead atoms. The number of likely N-dealkylation sites (tertiary alicyclic amines) is 1. The van der Waals surface area contributed by atoms with E-state index < -0.39 is 35.7 Å². The molecule has 0 aliphatic carbocycles. The number of benzene rings is 1. The monoisotopic (exact) mass is 446 g/mol. The predicted octanol–water partition coefficient (Wildman–Crippen LogP) is 1.85. The molecule has 0 spiro atoms. The average Bonchev–Trinajstić information content (AvgIpc) is 2.63. The van der Waals surface area contributed by atoms with Crippen molar-refractivity contribution in [3.8, 4) is 0 Å². The Morgan fingerprint density at radius 2 is 1.81 bits per heavy atom. The van der Waals surface area contributed by atoms with Crippen molar-refractivity contribution in [1.82, 2.24) is 4.90 Å². The lowest BCUT2D eigenvalue weighted by molar-refractivity contribution is -0.188. The second-order valence-electron chi connectivity index (χ2n) is 9.05. The molecule has 32 heavy (non-hydrogen) atoms. The topological polar surface area (TPSA) is 102 Å². The minimum atomic E-state index is -1.53. The molecule has 9 heteroatoms. The zero-order chi connectivity index (χ0) is 23.6. The van der Waals surface area contributed by atoms with Crippen LogP contribution in [0.1, 0.15) is 50.0 Å². The molecule has 2 saturated heterocycles. The minimum absolute atomic E-state index is 0.0787. The van der Waals surface area contributed by atoms with Crippen LogP contribution in [-0.4, -0.2) is 72.7 Å². The van der Waals surface area contributed by atoms with Crippen molar-refractivity contribution in [3.05, 3.63) is 29.3 Å². The molecule has 0 radical (unpaired) electrons. The summed E-state index contributed by atoms with van der Waals surface area (Å²) in [6, 6.07) is 5.25. The molecule has 0 unspecified atom stereocenters. The number of nitrogens with zero attached hydrogens (tertiary/aromatic N) is 2. The Bertz CT molecular complexity index is 917. The molecule has 2 amide bonds. The lowest BCUT2D eigenvalue weighted by Gasteiger charge is -2.36. The van der Waals surface area contributed by atoms with Crippen LogP contribution in [0.3, 0.4) is 0 Å². The van der Waals surface area contributed by atoms with E-state index in [1.54, 1.807) is 43.9 Å². The Labute approximate surface area is 187 Å². The lowest BCUT2D eigenvalue weighted by atomic mass is 10.0. The van der Waals surface area contributed by atoms with Gasteiger partial charge in [-0.15, -0.1) is 0 Å². The molecule has 0 aromatic heterocycles. The van der Waals surface area contributed by atoms with Gasteiger partial charge in [-0.05, 0) is 57.9 Å². The Morgan fingerprint density at radius 1 is 1.12 bits per heavy atom. The number of aryl methyl sites for hydroxylation is 1. The average molecular weight is 447 g/mol. The maximum absolute atomic E-state index is 13.3. The first-order chi connectivity index (χ1) is 15.0. The number of anilines is 1. The van der Waals surface area contributed by atoms with Crippen molar-refractivity contribution in [1.29, 1.82) is 0 Å². The number of rotatable bonds is 5. The van der Waals surface area contributed by atoms with Crippen LogP contribution in [0.4, 0.5) is 5.69 Å². The molecule has 0 N–H and O–H groups in total. The molecule has 2 aliphatic rings. The third-order valence-corrected chi connectivity index (χ3v) is 5.09. The van der Waals surface area contributed by atoms with E-state index in [9.17, 15) is 19.2 Å². The number of morpholine rings is 1. The molecule has 2 heterocycles. The van der Waals surface area contributed by atoms with Crippen LogP contribution in [0, 0.1) is 6.92 Å². The normalized spacial score (nSPS) is 19.8. The highest BCUT2D eigenvalue weighted by molar-refractivity contribution is 6.02. The molecule has 1 aromatic rings. The van der Waals surface area contributed by atoms with Crippen LogP contribution in [-0.2, 0) is 28.6 Å². The fourth-order valence-electron chi connectivity index (χ4n) is 3.60. The van der Waals surface area contributed by atoms with Gasteiger partial charge in [0, 0.05) is 37.8 Å². The van der Waals surface area contributed by atoms with E-state index in [1.165, 1.54) is 4.90 Å². The third kappa shape index (κ3) is 5.45. The Morgan fingerprint density at radius 3 is 2.38 bits per heavy atom. The number of hydrogen-bond donors (Lipinski definition) is 0. The second kappa shape index (κ2) is 9.28. The molecule has 0 saturated carbocycles. The first kappa shape index (κ1) is 23.7. The van der Waals surface area contributed by atoms with E-state index >= 15 is 0 Å². The molecular weight excluding hydrogens is 416 g/mol. The molecule has 2 aliphatic heterocycles. The van der Waals surface area contributed by atoms with Crippen molar-refractivity contribution in [2.75, 3.05) is 31.1 Å². The smallest absolute Gasteiger partial charge is 0.351 e. The number of esters is 2. The molecule has 9 nitrogen and oxygen atoms in total. The molecule has 1 aromatic carbocycles. The van der Waals surface area contributed by atoms with Gasteiger partial charge < -0.3 is 24.0 Å². The van der Waals surface area contributed by atoms with Crippen LogP contribution in [0.5, 0.6) is 0 Å². The van der Waals surface area contributed by atoms with E-state index in [2.05, 4.69) is 0 Å². The van der Waals surface area contributed by atoms with Crippen LogP contribution in [0.25, 0.3) is 0 Å². The fourth-order valence-corrected chi connectivity index (χ4v) is 3.60. The number of amides is 2. The van der Waals surface area contributed by atoms with Crippen molar-refractivity contribution in [3.63, 3.8) is 0 Å². The van der Waals surface area contributed by atoms with Gasteiger partial charge >= 0.3 is 11.9 Å². The third-order valence-electron chi connectivity index (χ3n) is 5.09. The number of ether oxygens (including phenoxy) is 3. The lowest BCUT2D eigenvalue weighted by Crippen LogP contribution is -2.56. The van der Waals surface area contributed by atoms with E-state index in [4.69, 9.17) is 14.2 Å². The van der Waals surface area contributed by atoms with Gasteiger partial charge in [0.25, 0.3) is 11.8 Å². The van der Waals surface area contributed by atoms with E-state index in [-0.39, 0.29) is 19.1 Å². The zero-order valence-corrected chi connectivity index (χ0v) is 19.2. The van der Waals surface area contributed by atoms with Crippen molar-refractivity contribution >= 4 is 29.4 Å². The first-order valence-electron chi connectivity index (χ1n) is 10.7. The minimum Gasteiger partial charge on any atom is -0.457 e. The summed E-state index contributed by atoms with van der Waals surface area (Å²) in [5.74, 6) is -2.20. The van der Waals surface area contributed by atoms with Gasteiger partial charge in [0.1, 0.15) is 5.60 Å². The maximum Gasteiger partial charge on any atom is 0.351 e. The van der Waals surface area contributed by atoms with Crippen LogP contribution in [0.2, 0.25) is 0 Å². The summed E-state index contributed by atoms with van der Waals surface area (Å²) in [7, 11) is 0. The fraction of sp³-hybridized carbons (Fsp3) is 0.565. The number of hydrogen-bond acceptors (Lipinski definition) is 7. The van der Waals surface area contributed by atoms with Gasteiger partial charge in [-0.1, -0.05) is 0 Å². The van der Waals surface area contributed by atoms with E-state index in [1.807, 2.05) is 6.92 Å². The molecule has 3 rings (SSSR count). The van der Waals surface area contributed by atoms with Crippen molar-refractivity contribution in [2.24, 2.45) is 0 Å². The summed E-state index contributed by atoms with van der Waals surface area (Å²) in [5, 5.41) is 0. The van der Waals surface area contributed by atoms with E-state index in [0.29, 0.717) is 11.3 Å². The highest BCUT2D eigenvalue weighted by Crippen LogP contribution is 2.26. The summed E-state index contributed by atoms with van der Waals surface area (Å²) in [6.45, 7) is 9.83. The number of carbonyl (C=O) groups excluding carboxylic acids is 4. The summed E-state index contributed by atoms with van der Waals surface area (Å²) in [4.78, 5) is 53.5. The Kier molecular flexibility index (Phi) is 6.88. The molecular formula is C23H30N2O7. The SMILES string of the molecule is CC(=O)O[C@@H](C(=O)OC(C)(C)C)[C@H]1OCCN(c2cc(C)cc(C(=O)N3CCC3)c2)C1=O. The standard InChI is InChI=1S/C23H30N2O7/c1-14-11-16(20(27)24-7-6-8-24)13-17(12-14)25-9-10-30-18(21(25)28)19(31-15(2)26)22(29)32-23(3,4)5/h11-13,18-19H,6-10H2,1-5H3/t18-,19-/m1/s1. The zero-order valence-electron chi connectivity index (χ0n) is 19.2. The molecule has 174 valence electrons. The summed E-state index contributed by atoms with van der Waals surface area (Å²) in [6.07, 6.45) is -1.90. The highest BCUT2D eigenvalue weighted by Gasteiger charge is 2.44. The van der Waals surface area contributed by atoms with Gasteiger partial charge in [-0.3, -0.25) is 14.4 Å². The van der Waals surface area contributed by atoms with Crippen LogP contribution >= 0.6 is 0 Å². The van der Waals surface area contributed by atoms with Crippen molar-refractivity contribution in [2.45, 2.75) is 58.8 Å².